The van der Waals surface area contributed by atoms with Gasteiger partial charge in [-0.3, -0.25) is 0 Å². The third kappa shape index (κ3) is 2.95. The molecule has 0 radical (unpaired) electrons. The Morgan fingerprint density at radius 2 is 1.42 bits per heavy atom. The Morgan fingerprint density at radius 3 is 2.21 bits per heavy atom. The fourth-order valence-electron chi connectivity index (χ4n) is 7.51. The minimum atomic E-state index is -0.691. The smallest absolute Gasteiger partial charge is 0.178 e. The van der Waals surface area contributed by atoms with Gasteiger partial charge in [0.05, 0.1) is 0 Å². The number of ether oxygens (including phenoxy) is 1. The molecule has 1 heterocycles. The molecular formula is C36H31NO. The molecule has 5 aromatic rings. The highest BCUT2D eigenvalue weighted by Gasteiger charge is 2.44. The van der Waals surface area contributed by atoms with Gasteiger partial charge in [-0.2, -0.15) is 0 Å². The van der Waals surface area contributed by atoms with Crippen LogP contribution >= 0.6 is 0 Å². The van der Waals surface area contributed by atoms with Crippen LogP contribution in [0.2, 0.25) is 0 Å². The molecule has 0 amide bonds. The number of benzene rings is 5. The monoisotopic (exact) mass is 493 g/mol. The van der Waals surface area contributed by atoms with Gasteiger partial charge >= 0.3 is 0 Å². The van der Waals surface area contributed by atoms with Crippen molar-refractivity contribution in [1.82, 2.24) is 0 Å². The summed E-state index contributed by atoms with van der Waals surface area (Å²) in [4.78, 5) is 2.14. The van der Waals surface area contributed by atoms with E-state index in [4.69, 9.17) is 4.74 Å². The average molecular weight is 494 g/mol. The molecule has 0 aromatic heterocycles. The molecule has 2 aliphatic carbocycles. The third-order valence-corrected chi connectivity index (χ3v) is 9.28. The van der Waals surface area contributed by atoms with Crippen LogP contribution < -0.4 is 9.64 Å². The first kappa shape index (κ1) is 22.0. The maximum absolute atomic E-state index is 7.39. The van der Waals surface area contributed by atoms with E-state index in [0.29, 0.717) is 11.8 Å². The molecule has 5 aromatic carbocycles. The molecule has 2 bridgehead atoms. The quantitative estimate of drug-likeness (QED) is 0.233. The molecule has 3 unspecified atom stereocenters. The van der Waals surface area contributed by atoms with Crippen molar-refractivity contribution in [1.29, 1.82) is 0 Å². The number of anilines is 1. The zero-order valence-corrected chi connectivity index (χ0v) is 21.9. The first-order chi connectivity index (χ1) is 18.6. The lowest BCUT2D eigenvalue weighted by molar-refractivity contribution is 0.163. The van der Waals surface area contributed by atoms with Crippen molar-refractivity contribution >= 4 is 33.3 Å². The van der Waals surface area contributed by atoms with Crippen LogP contribution in [0.1, 0.15) is 58.9 Å². The van der Waals surface area contributed by atoms with Crippen LogP contribution in [0.4, 0.5) is 5.69 Å². The number of fused-ring (bicyclic) bond motifs is 12. The van der Waals surface area contributed by atoms with Crippen molar-refractivity contribution in [2.24, 2.45) is 0 Å². The van der Waals surface area contributed by atoms with E-state index in [2.05, 4.69) is 122 Å². The van der Waals surface area contributed by atoms with E-state index in [9.17, 15) is 0 Å². The van der Waals surface area contributed by atoms with E-state index in [1.807, 2.05) is 0 Å². The molecule has 3 aliphatic rings. The Hall–Kier alpha value is -4.04. The topological polar surface area (TPSA) is 12.5 Å². The summed E-state index contributed by atoms with van der Waals surface area (Å²) >= 11 is 0. The lowest BCUT2D eigenvalue weighted by Gasteiger charge is -2.38. The standard InChI is InChI=1S/C36H31NO/c1-37(2)28-17-15-27(16-18-28)36(26-9-4-3-5-10-26)21-20-31-32-24-12-13-25(22-24)33(32)34-29-11-7-6-8-23(29)14-19-30(34)35(31)38-36/h3-11,14-21,24-25H,12-13,22H2,1-2H3. The Bertz CT molecular complexity index is 1750. The summed E-state index contributed by atoms with van der Waals surface area (Å²) in [5, 5.41) is 5.34. The molecule has 3 atom stereocenters. The Balaban J connectivity index is 1.43. The first-order valence-electron chi connectivity index (χ1n) is 13.9. The highest BCUT2D eigenvalue weighted by atomic mass is 16.5. The maximum atomic E-state index is 7.39. The van der Waals surface area contributed by atoms with Gasteiger partial charge in [-0.15, -0.1) is 0 Å². The molecule has 2 nitrogen and oxygen atoms in total. The van der Waals surface area contributed by atoms with E-state index >= 15 is 0 Å². The van der Waals surface area contributed by atoms with Crippen LogP contribution in [-0.2, 0) is 5.60 Å². The molecule has 1 fully saturated rings. The Labute approximate surface area is 224 Å². The first-order valence-corrected chi connectivity index (χ1v) is 13.9. The molecule has 1 saturated carbocycles. The number of nitrogens with zero attached hydrogens (tertiary/aromatic N) is 1. The zero-order valence-electron chi connectivity index (χ0n) is 21.9. The molecule has 0 spiro atoms. The summed E-state index contributed by atoms with van der Waals surface area (Å²) in [6, 6.07) is 33.0. The summed E-state index contributed by atoms with van der Waals surface area (Å²) in [6.07, 6.45) is 8.59. The van der Waals surface area contributed by atoms with Crippen molar-refractivity contribution in [2.75, 3.05) is 19.0 Å². The Morgan fingerprint density at radius 1 is 0.711 bits per heavy atom. The summed E-state index contributed by atoms with van der Waals surface area (Å²) in [5.74, 6) is 2.35. The fraction of sp³-hybridized carbons (Fsp3) is 0.222. The Kier molecular flexibility index (Phi) is 4.62. The largest absolute Gasteiger partial charge is 0.472 e. The summed E-state index contributed by atoms with van der Waals surface area (Å²) in [7, 11) is 4.17. The van der Waals surface area contributed by atoms with Gasteiger partial charge in [0.1, 0.15) is 5.75 Å². The second kappa shape index (κ2) is 7.98. The minimum absolute atomic E-state index is 0.643. The molecule has 0 N–H and O–H groups in total. The van der Waals surface area contributed by atoms with Gasteiger partial charge in [-0.1, -0.05) is 78.9 Å². The van der Waals surface area contributed by atoms with Crippen LogP contribution in [-0.4, -0.2) is 14.1 Å². The van der Waals surface area contributed by atoms with E-state index in [1.165, 1.54) is 52.1 Å². The van der Waals surface area contributed by atoms with E-state index in [0.717, 1.165) is 16.9 Å². The van der Waals surface area contributed by atoms with E-state index in [-0.39, 0.29) is 0 Å². The molecule has 0 saturated heterocycles. The summed E-state index contributed by atoms with van der Waals surface area (Å²) < 4.78 is 7.39. The maximum Gasteiger partial charge on any atom is 0.178 e. The van der Waals surface area contributed by atoms with E-state index in [1.54, 1.807) is 11.1 Å². The fourth-order valence-corrected chi connectivity index (χ4v) is 7.51. The molecule has 38 heavy (non-hydrogen) atoms. The van der Waals surface area contributed by atoms with Crippen molar-refractivity contribution in [3.63, 3.8) is 0 Å². The van der Waals surface area contributed by atoms with Crippen LogP contribution in [0.3, 0.4) is 0 Å². The second-order valence-electron chi connectivity index (χ2n) is 11.5. The van der Waals surface area contributed by atoms with Gasteiger partial charge in [-0.25, -0.2) is 0 Å². The summed E-state index contributed by atoms with van der Waals surface area (Å²) in [5.41, 5.74) is 7.25. The highest BCUT2D eigenvalue weighted by Crippen LogP contribution is 2.61. The lowest BCUT2D eigenvalue weighted by atomic mass is 9.78. The van der Waals surface area contributed by atoms with Crippen LogP contribution in [0, 0.1) is 0 Å². The lowest BCUT2D eigenvalue weighted by Crippen LogP contribution is -2.34. The SMILES string of the molecule is CN(C)c1ccc(C2(c3ccccc3)C=Cc3c4c(c5c(ccc6ccccc65)c3O2)C2CCC4C2)cc1. The number of hydrogen-bond acceptors (Lipinski definition) is 2. The minimum Gasteiger partial charge on any atom is -0.472 e. The number of rotatable bonds is 3. The van der Waals surface area contributed by atoms with Crippen molar-refractivity contribution in [3.05, 3.63) is 125 Å². The van der Waals surface area contributed by atoms with Crippen molar-refractivity contribution in [2.45, 2.75) is 36.7 Å². The predicted molar refractivity (Wildman–Crippen MR) is 158 cm³/mol. The summed E-state index contributed by atoms with van der Waals surface area (Å²) in [6.45, 7) is 0. The van der Waals surface area contributed by atoms with Crippen molar-refractivity contribution < 1.29 is 4.74 Å². The second-order valence-corrected chi connectivity index (χ2v) is 11.5. The average Bonchev–Trinajstić information content (AvgIpc) is 3.60. The highest BCUT2D eigenvalue weighted by molar-refractivity contribution is 6.13. The van der Waals surface area contributed by atoms with Gasteiger partial charge in [0.25, 0.3) is 0 Å². The number of hydrogen-bond donors (Lipinski definition) is 0. The zero-order chi connectivity index (χ0) is 25.4. The molecule has 186 valence electrons. The van der Waals surface area contributed by atoms with Gasteiger partial charge in [0.2, 0.25) is 0 Å². The molecule has 1 aliphatic heterocycles. The van der Waals surface area contributed by atoms with Crippen LogP contribution in [0.25, 0.3) is 27.6 Å². The van der Waals surface area contributed by atoms with Gasteiger partial charge < -0.3 is 9.64 Å². The van der Waals surface area contributed by atoms with E-state index < -0.39 is 5.60 Å². The van der Waals surface area contributed by atoms with Crippen molar-refractivity contribution in [3.8, 4) is 5.75 Å². The van der Waals surface area contributed by atoms with Crippen LogP contribution in [0.5, 0.6) is 5.75 Å². The van der Waals surface area contributed by atoms with Gasteiger partial charge in [0.15, 0.2) is 5.60 Å². The van der Waals surface area contributed by atoms with Crippen LogP contribution in [0.15, 0.2) is 97.1 Å². The predicted octanol–water partition coefficient (Wildman–Crippen LogP) is 8.77. The molecular weight excluding hydrogens is 462 g/mol. The van der Waals surface area contributed by atoms with Gasteiger partial charge in [-0.05, 0) is 82.7 Å². The normalized spacial score (nSPS) is 22.9. The molecule has 2 heteroatoms. The molecule has 8 rings (SSSR count). The van der Waals surface area contributed by atoms with Gasteiger partial charge in [0, 0.05) is 41.9 Å². The third-order valence-electron chi connectivity index (χ3n) is 9.28.